The summed E-state index contributed by atoms with van der Waals surface area (Å²) in [4.78, 5) is 0. The Labute approximate surface area is 166 Å². The normalized spacial score (nSPS) is 11.1. The molecule has 3 aromatic carbocycles. The van der Waals surface area contributed by atoms with Crippen molar-refractivity contribution < 1.29 is 0 Å². The molecule has 0 saturated carbocycles. The molecule has 0 aliphatic rings. The molecule has 26 heavy (non-hydrogen) atoms. The van der Waals surface area contributed by atoms with Crippen molar-refractivity contribution in [1.82, 2.24) is 5.32 Å². The molecule has 3 aromatic rings. The van der Waals surface area contributed by atoms with Crippen LogP contribution in [0.5, 0.6) is 0 Å². The van der Waals surface area contributed by atoms with Crippen LogP contribution in [-0.2, 0) is 6.54 Å². The standard InChI is InChI=1S/C23H23Cl2N/c1-16-8-10-19(12-22(16)24)21(20-11-9-17(2)23(25)13-20)15-26-14-18-6-4-3-5-7-18/h3-13,21,26H,14-15H2,1-2H3. The second-order valence-electron chi connectivity index (χ2n) is 6.69. The van der Waals surface area contributed by atoms with Crippen LogP contribution >= 0.6 is 23.2 Å². The highest BCUT2D eigenvalue weighted by Gasteiger charge is 2.16. The third kappa shape index (κ3) is 4.67. The SMILES string of the molecule is Cc1ccc(C(CNCc2ccccc2)c2ccc(C)c(Cl)c2)cc1Cl. The fourth-order valence-corrected chi connectivity index (χ4v) is 3.41. The molecule has 3 heteroatoms. The molecular formula is C23H23Cl2N. The van der Waals surface area contributed by atoms with E-state index in [1.54, 1.807) is 0 Å². The van der Waals surface area contributed by atoms with Crippen LogP contribution in [0.1, 0.15) is 33.7 Å². The van der Waals surface area contributed by atoms with Gasteiger partial charge in [-0.1, -0.05) is 77.8 Å². The lowest BCUT2D eigenvalue weighted by atomic mass is 9.90. The van der Waals surface area contributed by atoms with Gasteiger partial charge < -0.3 is 5.32 Å². The molecule has 0 aliphatic heterocycles. The fraction of sp³-hybridized carbons (Fsp3) is 0.217. The van der Waals surface area contributed by atoms with Crippen molar-refractivity contribution in [2.75, 3.05) is 6.54 Å². The Hall–Kier alpha value is -1.80. The Bertz CT molecular complexity index is 823. The lowest BCUT2D eigenvalue weighted by Crippen LogP contribution is -2.22. The summed E-state index contributed by atoms with van der Waals surface area (Å²) in [5.74, 6) is 0.190. The summed E-state index contributed by atoms with van der Waals surface area (Å²) < 4.78 is 0. The molecule has 0 aromatic heterocycles. The van der Waals surface area contributed by atoms with Crippen LogP contribution in [0, 0.1) is 13.8 Å². The molecule has 0 aliphatic carbocycles. The minimum absolute atomic E-state index is 0.190. The number of hydrogen-bond donors (Lipinski definition) is 1. The van der Waals surface area contributed by atoms with E-state index in [9.17, 15) is 0 Å². The zero-order valence-corrected chi connectivity index (χ0v) is 16.6. The molecular weight excluding hydrogens is 361 g/mol. The first-order chi connectivity index (χ1) is 12.5. The first-order valence-electron chi connectivity index (χ1n) is 8.81. The van der Waals surface area contributed by atoms with Crippen LogP contribution < -0.4 is 5.32 Å². The third-order valence-electron chi connectivity index (χ3n) is 4.72. The molecule has 0 fully saturated rings. The van der Waals surface area contributed by atoms with Gasteiger partial charge in [0.15, 0.2) is 0 Å². The predicted molar refractivity (Wildman–Crippen MR) is 112 cm³/mol. The van der Waals surface area contributed by atoms with Gasteiger partial charge in [-0.15, -0.1) is 0 Å². The number of aryl methyl sites for hydroxylation is 2. The summed E-state index contributed by atoms with van der Waals surface area (Å²) in [5.41, 5.74) is 5.85. The highest BCUT2D eigenvalue weighted by atomic mass is 35.5. The molecule has 1 N–H and O–H groups in total. The van der Waals surface area contributed by atoms with Gasteiger partial charge in [0.2, 0.25) is 0 Å². The number of nitrogens with one attached hydrogen (secondary N) is 1. The molecule has 0 saturated heterocycles. The average molecular weight is 384 g/mol. The topological polar surface area (TPSA) is 12.0 Å². The number of halogens is 2. The summed E-state index contributed by atoms with van der Waals surface area (Å²) in [7, 11) is 0. The highest BCUT2D eigenvalue weighted by Crippen LogP contribution is 2.30. The molecule has 0 bridgehead atoms. The minimum Gasteiger partial charge on any atom is -0.312 e. The number of hydrogen-bond acceptors (Lipinski definition) is 1. The molecule has 134 valence electrons. The molecule has 3 rings (SSSR count). The maximum absolute atomic E-state index is 6.39. The van der Waals surface area contributed by atoms with E-state index in [1.807, 2.05) is 19.9 Å². The van der Waals surface area contributed by atoms with Crippen LogP contribution in [0.4, 0.5) is 0 Å². The number of benzene rings is 3. The van der Waals surface area contributed by atoms with Crippen molar-refractivity contribution in [2.45, 2.75) is 26.3 Å². The fourth-order valence-electron chi connectivity index (χ4n) is 3.04. The second kappa shape index (κ2) is 8.73. The lowest BCUT2D eigenvalue weighted by Gasteiger charge is -2.20. The molecule has 0 atom stereocenters. The quantitative estimate of drug-likeness (QED) is 0.509. The van der Waals surface area contributed by atoms with Gasteiger partial charge in [0.1, 0.15) is 0 Å². The summed E-state index contributed by atoms with van der Waals surface area (Å²) in [6, 6.07) is 23.0. The first-order valence-corrected chi connectivity index (χ1v) is 9.57. The van der Waals surface area contributed by atoms with Crippen molar-refractivity contribution in [1.29, 1.82) is 0 Å². The zero-order chi connectivity index (χ0) is 18.5. The van der Waals surface area contributed by atoms with Crippen LogP contribution in [-0.4, -0.2) is 6.54 Å². The van der Waals surface area contributed by atoms with Crippen molar-refractivity contribution in [3.63, 3.8) is 0 Å². The van der Waals surface area contributed by atoms with Crippen LogP contribution in [0.15, 0.2) is 66.7 Å². The maximum Gasteiger partial charge on any atom is 0.0438 e. The van der Waals surface area contributed by atoms with Gasteiger partial charge >= 0.3 is 0 Å². The summed E-state index contributed by atoms with van der Waals surface area (Å²) in [6.07, 6.45) is 0. The molecule has 0 amide bonds. The highest BCUT2D eigenvalue weighted by molar-refractivity contribution is 6.31. The Morgan fingerprint density at radius 2 is 1.31 bits per heavy atom. The van der Waals surface area contributed by atoms with Gasteiger partial charge in [-0.2, -0.15) is 0 Å². The van der Waals surface area contributed by atoms with Crippen LogP contribution in [0.25, 0.3) is 0 Å². The van der Waals surface area contributed by atoms with Gasteiger partial charge in [-0.3, -0.25) is 0 Å². The van der Waals surface area contributed by atoms with Crippen molar-refractivity contribution in [3.8, 4) is 0 Å². The summed E-state index contributed by atoms with van der Waals surface area (Å²) >= 11 is 12.8. The first kappa shape index (κ1) is 19.0. The Kier molecular flexibility index (Phi) is 6.37. The molecule has 0 radical (unpaired) electrons. The Morgan fingerprint density at radius 3 is 1.81 bits per heavy atom. The average Bonchev–Trinajstić information content (AvgIpc) is 2.65. The second-order valence-corrected chi connectivity index (χ2v) is 7.50. The maximum atomic E-state index is 6.39. The smallest absolute Gasteiger partial charge is 0.0438 e. The number of rotatable bonds is 6. The molecule has 0 spiro atoms. The predicted octanol–water partition coefficient (Wildman–Crippen LogP) is 6.53. The van der Waals surface area contributed by atoms with Gasteiger partial charge in [0.05, 0.1) is 0 Å². The Balaban J connectivity index is 1.85. The van der Waals surface area contributed by atoms with E-state index in [0.29, 0.717) is 0 Å². The third-order valence-corrected chi connectivity index (χ3v) is 5.53. The van der Waals surface area contributed by atoms with Gasteiger partial charge in [0, 0.05) is 29.1 Å². The van der Waals surface area contributed by atoms with E-state index in [0.717, 1.165) is 34.3 Å². The van der Waals surface area contributed by atoms with E-state index in [1.165, 1.54) is 16.7 Å². The van der Waals surface area contributed by atoms with Crippen LogP contribution in [0.3, 0.4) is 0 Å². The van der Waals surface area contributed by atoms with Crippen molar-refractivity contribution >= 4 is 23.2 Å². The van der Waals surface area contributed by atoms with Crippen molar-refractivity contribution in [2.24, 2.45) is 0 Å². The minimum atomic E-state index is 0.190. The summed E-state index contributed by atoms with van der Waals surface area (Å²) in [6.45, 7) is 5.69. The van der Waals surface area contributed by atoms with E-state index < -0.39 is 0 Å². The van der Waals surface area contributed by atoms with E-state index in [2.05, 4.69) is 66.0 Å². The summed E-state index contributed by atoms with van der Waals surface area (Å²) in [5, 5.41) is 5.18. The Morgan fingerprint density at radius 1 is 0.769 bits per heavy atom. The largest absolute Gasteiger partial charge is 0.312 e. The molecule has 0 heterocycles. The van der Waals surface area contributed by atoms with Crippen molar-refractivity contribution in [3.05, 3.63) is 105 Å². The zero-order valence-electron chi connectivity index (χ0n) is 15.1. The molecule has 0 unspecified atom stereocenters. The van der Waals surface area contributed by atoms with E-state index >= 15 is 0 Å². The van der Waals surface area contributed by atoms with E-state index in [4.69, 9.17) is 23.2 Å². The molecule has 1 nitrogen and oxygen atoms in total. The lowest BCUT2D eigenvalue weighted by molar-refractivity contribution is 0.636. The van der Waals surface area contributed by atoms with Gasteiger partial charge in [0.25, 0.3) is 0 Å². The van der Waals surface area contributed by atoms with Gasteiger partial charge in [-0.25, -0.2) is 0 Å². The van der Waals surface area contributed by atoms with Crippen LogP contribution in [0.2, 0.25) is 10.0 Å². The van der Waals surface area contributed by atoms with E-state index in [-0.39, 0.29) is 5.92 Å². The monoisotopic (exact) mass is 383 g/mol. The van der Waals surface area contributed by atoms with Gasteiger partial charge in [-0.05, 0) is 53.8 Å².